The molecule has 0 radical (unpaired) electrons. The maximum Gasteiger partial charge on any atom is 0.194 e. The molecule has 1 N–H and O–H groups in total. The molecular weight excluding hydrogens is 388 g/mol. The van der Waals surface area contributed by atoms with Gasteiger partial charge in [0, 0.05) is 39.0 Å². The smallest absolute Gasteiger partial charge is 0.194 e. The van der Waals surface area contributed by atoms with E-state index in [4.69, 9.17) is 19.2 Å². The number of ether oxygens (including phenoxy) is 3. The number of hydrogen-bond acceptors (Lipinski definition) is 6. The molecule has 2 aromatic rings. The molecule has 8 heteroatoms. The summed E-state index contributed by atoms with van der Waals surface area (Å²) in [7, 11) is 5.38. The van der Waals surface area contributed by atoms with E-state index in [9.17, 15) is 0 Å². The van der Waals surface area contributed by atoms with Crippen molar-refractivity contribution in [3.8, 4) is 11.5 Å². The fourth-order valence-electron chi connectivity index (χ4n) is 2.58. The van der Waals surface area contributed by atoms with Crippen LogP contribution >= 0.6 is 11.3 Å². The van der Waals surface area contributed by atoms with Crippen LogP contribution in [-0.4, -0.2) is 56.8 Å². The van der Waals surface area contributed by atoms with Crippen molar-refractivity contribution in [1.82, 2.24) is 15.2 Å². The van der Waals surface area contributed by atoms with Gasteiger partial charge in [-0.3, -0.25) is 4.99 Å². The number of nitrogens with zero attached hydrogens (tertiary/aromatic N) is 3. The Balaban J connectivity index is 1.81. The minimum absolute atomic E-state index is 0.0201. The average Bonchev–Trinajstić information content (AvgIpc) is 3.21. The van der Waals surface area contributed by atoms with Crippen LogP contribution in [-0.2, 0) is 11.3 Å². The highest BCUT2D eigenvalue weighted by molar-refractivity contribution is 7.09. The summed E-state index contributed by atoms with van der Waals surface area (Å²) >= 11 is 1.63. The van der Waals surface area contributed by atoms with E-state index < -0.39 is 0 Å². The zero-order valence-electron chi connectivity index (χ0n) is 18.0. The third-order valence-electron chi connectivity index (χ3n) is 4.26. The van der Waals surface area contributed by atoms with Gasteiger partial charge in [0.05, 0.1) is 26.0 Å². The second kappa shape index (κ2) is 12.3. The Hall–Kier alpha value is -2.32. The minimum atomic E-state index is 0.0201. The number of aliphatic imine (C=N–C) groups is 1. The average molecular weight is 421 g/mol. The lowest BCUT2D eigenvalue weighted by Gasteiger charge is -2.21. The zero-order valence-corrected chi connectivity index (χ0v) is 18.8. The predicted molar refractivity (Wildman–Crippen MR) is 118 cm³/mol. The lowest BCUT2D eigenvalue weighted by molar-refractivity contribution is 0.119. The number of guanidine groups is 1. The molecule has 0 fully saturated rings. The van der Waals surface area contributed by atoms with E-state index in [1.54, 1.807) is 25.6 Å². The quantitative estimate of drug-likeness (QED) is 0.339. The molecule has 1 atom stereocenters. The molecule has 1 heterocycles. The van der Waals surface area contributed by atoms with Crippen molar-refractivity contribution in [2.75, 3.05) is 41.0 Å². The Morgan fingerprint density at radius 1 is 1.24 bits per heavy atom. The van der Waals surface area contributed by atoms with E-state index in [-0.39, 0.29) is 6.10 Å². The molecule has 1 unspecified atom stereocenters. The van der Waals surface area contributed by atoms with Crippen molar-refractivity contribution in [2.24, 2.45) is 4.99 Å². The van der Waals surface area contributed by atoms with E-state index in [1.165, 1.54) is 0 Å². The van der Waals surface area contributed by atoms with Crippen molar-refractivity contribution in [1.29, 1.82) is 0 Å². The van der Waals surface area contributed by atoms with Crippen LogP contribution in [0.2, 0.25) is 0 Å². The van der Waals surface area contributed by atoms with E-state index >= 15 is 0 Å². The van der Waals surface area contributed by atoms with E-state index in [0.29, 0.717) is 19.7 Å². The SMILES string of the molecule is CCNC(=NCCCOc1ccc(OC)cc1)N(C)Cc1csc(C(C)OC)n1. The molecule has 0 saturated heterocycles. The molecule has 1 aromatic carbocycles. The van der Waals surface area contributed by atoms with Crippen LogP contribution in [0.4, 0.5) is 0 Å². The summed E-state index contributed by atoms with van der Waals surface area (Å²) in [5, 5.41) is 6.41. The van der Waals surface area contributed by atoms with Gasteiger partial charge in [0.1, 0.15) is 22.6 Å². The summed E-state index contributed by atoms with van der Waals surface area (Å²) in [6.07, 6.45) is 0.854. The monoisotopic (exact) mass is 420 g/mol. The first-order valence-corrected chi connectivity index (χ1v) is 10.7. The van der Waals surface area contributed by atoms with Gasteiger partial charge >= 0.3 is 0 Å². The van der Waals surface area contributed by atoms with Gasteiger partial charge < -0.3 is 24.4 Å². The topological polar surface area (TPSA) is 68.2 Å². The summed E-state index contributed by atoms with van der Waals surface area (Å²) in [4.78, 5) is 11.5. The first kappa shape index (κ1) is 23.0. The summed E-state index contributed by atoms with van der Waals surface area (Å²) in [5.74, 6) is 2.53. The molecule has 1 aromatic heterocycles. The predicted octanol–water partition coefficient (Wildman–Crippen LogP) is 3.73. The minimum Gasteiger partial charge on any atom is -0.497 e. The van der Waals surface area contributed by atoms with Crippen LogP contribution in [0.3, 0.4) is 0 Å². The van der Waals surface area contributed by atoms with Crippen molar-refractivity contribution >= 4 is 17.3 Å². The molecule has 0 amide bonds. The van der Waals surface area contributed by atoms with Gasteiger partial charge in [-0.15, -0.1) is 11.3 Å². The molecule has 0 aliphatic heterocycles. The number of thiazole rings is 1. The number of benzene rings is 1. The maximum atomic E-state index is 5.76. The third-order valence-corrected chi connectivity index (χ3v) is 5.31. The summed E-state index contributed by atoms with van der Waals surface area (Å²) in [6.45, 7) is 6.88. The highest BCUT2D eigenvalue weighted by Gasteiger charge is 2.12. The van der Waals surface area contributed by atoms with Gasteiger partial charge in [0.2, 0.25) is 0 Å². The van der Waals surface area contributed by atoms with Crippen LogP contribution in [0.15, 0.2) is 34.6 Å². The highest BCUT2D eigenvalue weighted by atomic mass is 32.1. The van der Waals surface area contributed by atoms with Crippen molar-refractivity contribution < 1.29 is 14.2 Å². The second-order valence-electron chi connectivity index (χ2n) is 6.52. The van der Waals surface area contributed by atoms with Crippen LogP contribution in [0.25, 0.3) is 0 Å². The van der Waals surface area contributed by atoms with Crippen molar-refractivity contribution in [3.05, 3.63) is 40.3 Å². The fourth-order valence-corrected chi connectivity index (χ4v) is 3.42. The largest absolute Gasteiger partial charge is 0.497 e. The van der Waals surface area contributed by atoms with Gasteiger partial charge in [-0.2, -0.15) is 0 Å². The van der Waals surface area contributed by atoms with Gasteiger partial charge in [-0.25, -0.2) is 4.98 Å². The van der Waals surface area contributed by atoms with Gasteiger partial charge in [-0.1, -0.05) is 0 Å². The van der Waals surface area contributed by atoms with Crippen molar-refractivity contribution in [2.45, 2.75) is 32.9 Å². The number of nitrogens with one attached hydrogen (secondary N) is 1. The van der Waals surface area contributed by atoms with E-state index in [0.717, 1.165) is 41.1 Å². The number of rotatable bonds is 11. The molecule has 160 valence electrons. The molecular formula is C21H32N4O3S. The number of hydrogen-bond donors (Lipinski definition) is 1. The summed E-state index contributed by atoms with van der Waals surface area (Å²) < 4.78 is 16.3. The lowest BCUT2D eigenvalue weighted by atomic mass is 10.3. The molecule has 0 bridgehead atoms. The van der Waals surface area contributed by atoms with Crippen LogP contribution in [0.5, 0.6) is 11.5 Å². The molecule has 0 aliphatic carbocycles. The number of methoxy groups -OCH3 is 2. The molecule has 29 heavy (non-hydrogen) atoms. The Morgan fingerprint density at radius 3 is 2.62 bits per heavy atom. The Morgan fingerprint density at radius 2 is 1.97 bits per heavy atom. The van der Waals surface area contributed by atoms with E-state index in [2.05, 4.69) is 27.5 Å². The van der Waals surface area contributed by atoms with E-state index in [1.807, 2.05) is 38.2 Å². The Kier molecular flexibility index (Phi) is 9.73. The third kappa shape index (κ3) is 7.55. The molecule has 0 aliphatic rings. The van der Waals surface area contributed by atoms with Crippen LogP contribution in [0.1, 0.15) is 37.1 Å². The summed E-state index contributed by atoms with van der Waals surface area (Å²) in [6, 6.07) is 7.60. The first-order chi connectivity index (χ1) is 14.1. The van der Waals surface area contributed by atoms with Crippen LogP contribution in [0, 0.1) is 0 Å². The Labute approximate surface area is 177 Å². The molecule has 7 nitrogen and oxygen atoms in total. The van der Waals surface area contributed by atoms with Crippen LogP contribution < -0.4 is 14.8 Å². The zero-order chi connectivity index (χ0) is 21.1. The van der Waals surface area contributed by atoms with Gasteiger partial charge in [0.15, 0.2) is 5.96 Å². The molecule has 0 saturated carbocycles. The second-order valence-corrected chi connectivity index (χ2v) is 7.41. The summed E-state index contributed by atoms with van der Waals surface area (Å²) in [5.41, 5.74) is 1.02. The van der Waals surface area contributed by atoms with Gasteiger partial charge in [-0.05, 0) is 38.1 Å². The maximum absolute atomic E-state index is 5.76. The number of aromatic nitrogens is 1. The molecule has 2 rings (SSSR count). The highest BCUT2D eigenvalue weighted by Crippen LogP contribution is 2.21. The van der Waals surface area contributed by atoms with Gasteiger partial charge in [0.25, 0.3) is 0 Å². The standard InChI is InChI=1S/C21H32N4O3S/c1-6-22-21(25(3)14-17-15-29-20(24-17)16(2)26-4)23-12-7-13-28-19-10-8-18(27-5)9-11-19/h8-11,15-16H,6-7,12-14H2,1-5H3,(H,22,23). The molecule has 0 spiro atoms. The Bertz CT molecular complexity index is 749. The fraction of sp³-hybridized carbons (Fsp3) is 0.524. The normalized spacial score (nSPS) is 12.5. The lowest BCUT2D eigenvalue weighted by Crippen LogP contribution is -2.38. The first-order valence-electron chi connectivity index (χ1n) is 9.80. The van der Waals surface area contributed by atoms with Crippen molar-refractivity contribution in [3.63, 3.8) is 0 Å².